The molecule has 3 aromatic rings. The molecule has 1 unspecified atom stereocenters. The molecule has 200 valence electrons. The van der Waals surface area contributed by atoms with Crippen LogP contribution in [-0.2, 0) is 6.42 Å². The third-order valence-electron chi connectivity index (χ3n) is 7.77. The van der Waals surface area contributed by atoms with Gasteiger partial charge in [-0.2, -0.15) is 0 Å². The molecule has 0 aromatic carbocycles. The molecule has 1 atom stereocenters. The summed E-state index contributed by atoms with van der Waals surface area (Å²) < 4.78 is 1.71. The zero-order chi connectivity index (χ0) is 25.5. The van der Waals surface area contributed by atoms with Crippen molar-refractivity contribution in [3.05, 3.63) is 38.9 Å². The van der Waals surface area contributed by atoms with E-state index < -0.39 is 10.0 Å². The summed E-state index contributed by atoms with van der Waals surface area (Å²) in [6.45, 7) is 11.7. The number of hydrogen-bond acceptors (Lipinski definition) is 3. The van der Waals surface area contributed by atoms with Gasteiger partial charge in [0.1, 0.15) is 0 Å². The van der Waals surface area contributed by atoms with Gasteiger partial charge in [0, 0.05) is 24.4 Å². The lowest BCUT2D eigenvalue weighted by Gasteiger charge is -2.39. The third-order valence-corrected chi connectivity index (χ3v) is 16.3. The van der Waals surface area contributed by atoms with Crippen LogP contribution in [0.1, 0.15) is 112 Å². The Morgan fingerprint density at radius 3 is 1.86 bits per heavy atom. The largest absolute Gasteiger partial charge is 0.148 e. The van der Waals surface area contributed by atoms with Crippen LogP contribution < -0.4 is 0 Å². The average molecular weight is 561 g/mol. The SMILES string of the molecule is CCCCCCc1ccc(S2(CC(CCCC)CCCCCC)c3cc(C)sc3-c3sc(C)cc32)s1. The zero-order valence-corrected chi connectivity index (χ0v) is 26.7. The molecule has 0 nitrogen and oxygen atoms in total. The minimum Gasteiger partial charge on any atom is -0.148 e. The maximum absolute atomic E-state index is 2.60. The van der Waals surface area contributed by atoms with Gasteiger partial charge < -0.3 is 0 Å². The maximum atomic E-state index is 2.60. The summed E-state index contributed by atoms with van der Waals surface area (Å²) in [5, 5.41) is 0. The molecule has 3 aromatic heterocycles. The Morgan fingerprint density at radius 1 is 0.667 bits per heavy atom. The van der Waals surface area contributed by atoms with E-state index >= 15 is 0 Å². The molecule has 0 saturated heterocycles. The Hall–Kier alpha value is -0.550. The first-order valence-electron chi connectivity index (χ1n) is 14.6. The van der Waals surface area contributed by atoms with Crippen molar-refractivity contribution in [1.29, 1.82) is 0 Å². The van der Waals surface area contributed by atoms with Crippen LogP contribution in [0.2, 0.25) is 0 Å². The van der Waals surface area contributed by atoms with Crippen LogP contribution in [-0.4, -0.2) is 5.75 Å². The smallest absolute Gasteiger partial charge is 0.0584 e. The number of fused-ring (bicyclic) bond motifs is 3. The Bertz CT molecular complexity index is 1040. The van der Waals surface area contributed by atoms with Crippen molar-refractivity contribution in [2.45, 2.75) is 132 Å². The van der Waals surface area contributed by atoms with Gasteiger partial charge in [-0.3, -0.25) is 0 Å². The van der Waals surface area contributed by atoms with E-state index in [2.05, 4.69) is 92.9 Å². The van der Waals surface area contributed by atoms with Gasteiger partial charge in [-0.25, -0.2) is 0 Å². The first-order valence-corrected chi connectivity index (χ1v) is 18.9. The van der Waals surface area contributed by atoms with E-state index in [9.17, 15) is 0 Å². The standard InChI is InChI=1S/C32H48S4/c1-6-9-12-14-17-26(16-11-8-3)23-36(30-20-19-27(35-30)18-15-13-10-7-2)28-21-24(4)33-31(28)32-29(36)22-25(5)34-32/h19-22,26H,6-18,23H2,1-5H3. The van der Waals surface area contributed by atoms with Crippen molar-refractivity contribution in [2.24, 2.45) is 5.92 Å². The van der Waals surface area contributed by atoms with E-state index in [0.29, 0.717) is 0 Å². The fraction of sp³-hybridized carbons (Fsp3) is 0.625. The monoisotopic (exact) mass is 560 g/mol. The van der Waals surface area contributed by atoms with E-state index in [1.807, 2.05) is 0 Å². The number of hydrogen-bond donors (Lipinski definition) is 0. The molecule has 0 radical (unpaired) electrons. The van der Waals surface area contributed by atoms with Crippen molar-refractivity contribution >= 4 is 44.0 Å². The molecule has 0 aliphatic carbocycles. The van der Waals surface area contributed by atoms with Gasteiger partial charge in [0.15, 0.2) is 0 Å². The van der Waals surface area contributed by atoms with Gasteiger partial charge in [-0.15, -0.1) is 44.0 Å². The number of rotatable bonds is 16. The van der Waals surface area contributed by atoms with Crippen LogP contribution in [0.5, 0.6) is 0 Å². The number of aryl methyl sites for hydroxylation is 3. The second-order valence-corrected chi connectivity index (χ2v) is 18.0. The van der Waals surface area contributed by atoms with Crippen LogP contribution in [0.25, 0.3) is 9.75 Å². The summed E-state index contributed by atoms with van der Waals surface area (Å²) in [6.07, 6.45) is 17.8. The number of thiophene rings is 3. The summed E-state index contributed by atoms with van der Waals surface area (Å²) in [7, 11) is -1.16. The molecular formula is C32H48S4. The van der Waals surface area contributed by atoms with Crippen LogP contribution in [0.15, 0.2) is 38.3 Å². The fourth-order valence-corrected chi connectivity index (χ4v) is 15.7. The van der Waals surface area contributed by atoms with Crippen molar-refractivity contribution in [1.82, 2.24) is 0 Å². The highest BCUT2D eigenvalue weighted by Crippen LogP contribution is 2.80. The summed E-state index contributed by atoms with van der Waals surface area (Å²) >= 11 is 6.30. The van der Waals surface area contributed by atoms with Crippen LogP contribution >= 0.6 is 44.0 Å². The molecular weight excluding hydrogens is 513 g/mol. The van der Waals surface area contributed by atoms with Crippen LogP contribution in [0.3, 0.4) is 0 Å². The molecule has 1 aliphatic heterocycles. The minimum absolute atomic E-state index is 0.839. The van der Waals surface area contributed by atoms with Crippen LogP contribution in [0, 0.1) is 19.8 Å². The van der Waals surface area contributed by atoms with E-state index in [1.165, 1.54) is 99.0 Å². The number of unbranched alkanes of at least 4 members (excludes halogenated alkanes) is 7. The van der Waals surface area contributed by atoms with E-state index in [-0.39, 0.29) is 0 Å². The molecule has 0 spiro atoms. The van der Waals surface area contributed by atoms with Crippen molar-refractivity contribution in [2.75, 3.05) is 5.75 Å². The van der Waals surface area contributed by atoms with Gasteiger partial charge in [0.05, 0.1) is 14.0 Å². The van der Waals surface area contributed by atoms with Crippen LogP contribution in [0.4, 0.5) is 0 Å². The molecule has 4 heteroatoms. The predicted octanol–water partition coefficient (Wildman–Crippen LogP) is 12.6. The quantitative estimate of drug-likeness (QED) is 0.153. The van der Waals surface area contributed by atoms with E-state index in [0.717, 1.165) is 5.92 Å². The Balaban J connectivity index is 1.73. The zero-order valence-electron chi connectivity index (χ0n) is 23.4. The van der Waals surface area contributed by atoms with Crippen molar-refractivity contribution in [3.63, 3.8) is 0 Å². The van der Waals surface area contributed by atoms with Gasteiger partial charge in [-0.1, -0.05) is 78.6 Å². The molecule has 0 saturated carbocycles. The highest BCUT2D eigenvalue weighted by molar-refractivity contribution is 8.35. The molecule has 36 heavy (non-hydrogen) atoms. The lowest BCUT2D eigenvalue weighted by molar-refractivity contribution is 0.449. The van der Waals surface area contributed by atoms with Gasteiger partial charge in [-0.05, 0) is 75.5 Å². The normalized spacial score (nSPS) is 15.7. The molecule has 1 aliphatic rings. The highest BCUT2D eigenvalue weighted by atomic mass is 32.3. The topological polar surface area (TPSA) is 0 Å². The minimum atomic E-state index is -1.16. The first kappa shape index (κ1) is 28.5. The maximum Gasteiger partial charge on any atom is 0.0584 e. The average Bonchev–Trinajstić information content (AvgIpc) is 3.62. The summed E-state index contributed by atoms with van der Waals surface area (Å²) in [6, 6.07) is 10.3. The Morgan fingerprint density at radius 2 is 1.25 bits per heavy atom. The lowest BCUT2D eigenvalue weighted by atomic mass is 9.97. The fourth-order valence-electron chi connectivity index (χ4n) is 5.84. The van der Waals surface area contributed by atoms with Crippen molar-refractivity contribution < 1.29 is 0 Å². The Kier molecular flexibility index (Phi) is 10.7. The molecule has 4 heterocycles. The summed E-state index contributed by atoms with van der Waals surface area (Å²) in [5.41, 5.74) is 0. The third kappa shape index (κ3) is 6.19. The molecule has 0 amide bonds. The molecule has 0 bridgehead atoms. The molecule has 4 rings (SSSR count). The second-order valence-electron chi connectivity index (χ2n) is 10.9. The van der Waals surface area contributed by atoms with E-state index in [4.69, 9.17) is 0 Å². The van der Waals surface area contributed by atoms with Gasteiger partial charge in [0.2, 0.25) is 0 Å². The second kappa shape index (κ2) is 13.5. The first-order chi connectivity index (χ1) is 17.5. The summed E-state index contributed by atoms with van der Waals surface area (Å²) in [5.74, 6) is 2.22. The lowest BCUT2D eigenvalue weighted by Crippen LogP contribution is -2.14. The highest BCUT2D eigenvalue weighted by Gasteiger charge is 2.45. The molecule has 0 fully saturated rings. The van der Waals surface area contributed by atoms with E-state index in [1.54, 1.807) is 28.6 Å². The van der Waals surface area contributed by atoms with Gasteiger partial charge >= 0.3 is 0 Å². The summed E-state index contributed by atoms with van der Waals surface area (Å²) in [4.78, 5) is 11.3. The molecule has 0 N–H and O–H groups in total. The predicted molar refractivity (Wildman–Crippen MR) is 168 cm³/mol. The van der Waals surface area contributed by atoms with Gasteiger partial charge in [0.25, 0.3) is 0 Å². The van der Waals surface area contributed by atoms with Crippen molar-refractivity contribution in [3.8, 4) is 9.75 Å². The Labute approximate surface area is 235 Å².